The molecule has 1 fully saturated rings. The van der Waals surface area contributed by atoms with Crippen molar-refractivity contribution < 1.29 is 9.13 Å². The van der Waals surface area contributed by atoms with Gasteiger partial charge in [-0.05, 0) is 48.7 Å². The van der Waals surface area contributed by atoms with Crippen LogP contribution in [-0.2, 0) is 0 Å². The summed E-state index contributed by atoms with van der Waals surface area (Å²) in [5, 5.41) is 0.757. The predicted octanol–water partition coefficient (Wildman–Crippen LogP) is 4.12. The van der Waals surface area contributed by atoms with E-state index >= 15 is 0 Å². The van der Waals surface area contributed by atoms with Crippen molar-refractivity contribution >= 4 is 16.7 Å². The van der Waals surface area contributed by atoms with Crippen molar-refractivity contribution in [1.29, 1.82) is 0 Å². The van der Waals surface area contributed by atoms with Crippen molar-refractivity contribution in [2.24, 2.45) is 0 Å². The number of aromatic nitrogens is 2. The molecule has 4 rings (SSSR count). The summed E-state index contributed by atoms with van der Waals surface area (Å²) < 4.78 is 19.1. The molecule has 0 N–H and O–H groups in total. The van der Waals surface area contributed by atoms with Gasteiger partial charge in [-0.25, -0.2) is 14.4 Å². The minimum atomic E-state index is -0.268. The zero-order valence-corrected chi connectivity index (χ0v) is 13.4. The first-order valence-electron chi connectivity index (χ1n) is 8.07. The molecule has 0 aliphatic carbocycles. The van der Waals surface area contributed by atoms with Crippen molar-refractivity contribution in [2.75, 3.05) is 18.6 Å². The summed E-state index contributed by atoms with van der Waals surface area (Å²) >= 11 is 0. The van der Waals surface area contributed by atoms with E-state index in [1.165, 1.54) is 17.7 Å². The largest absolute Gasteiger partial charge is 0.497 e. The van der Waals surface area contributed by atoms with E-state index in [0.29, 0.717) is 0 Å². The molecule has 0 bridgehead atoms. The first-order valence-corrected chi connectivity index (χ1v) is 8.07. The zero-order valence-electron chi connectivity index (χ0n) is 13.4. The van der Waals surface area contributed by atoms with E-state index in [9.17, 15) is 4.39 Å². The fourth-order valence-corrected chi connectivity index (χ4v) is 3.46. The summed E-state index contributed by atoms with van der Waals surface area (Å²) in [6.45, 7) is 0.893. The molecule has 0 spiro atoms. The molecule has 4 nitrogen and oxygen atoms in total. The highest BCUT2D eigenvalue weighted by atomic mass is 19.1. The lowest BCUT2D eigenvalue weighted by Gasteiger charge is -2.27. The van der Waals surface area contributed by atoms with Crippen LogP contribution < -0.4 is 9.64 Å². The topological polar surface area (TPSA) is 38.2 Å². The molecule has 122 valence electrons. The Hall–Kier alpha value is -2.69. The zero-order chi connectivity index (χ0) is 16.5. The van der Waals surface area contributed by atoms with Gasteiger partial charge in [-0.2, -0.15) is 0 Å². The van der Waals surface area contributed by atoms with Crippen molar-refractivity contribution in [2.45, 2.75) is 18.9 Å². The number of ether oxygens (including phenoxy) is 1. The van der Waals surface area contributed by atoms with E-state index in [-0.39, 0.29) is 11.9 Å². The maximum absolute atomic E-state index is 13.7. The summed E-state index contributed by atoms with van der Waals surface area (Å²) in [5.74, 6) is 1.37. The van der Waals surface area contributed by atoms with Gasteiger partial charge in [-0.3, -0.25) is 0 Å². The second kappa shape index (κ2) is 6.07. The van der Waals surface area contributed by atoms with Crippen LogP contribution in [0.4, 0.5) is 10.2 Å². The van der Waals surface area contributed by atoms with Gasteiger partial charge < -0.3 is 9.64 Å². The van der Waals surface area contributed by atoms with Crippen LogP contribution in [0.3, 0.4) is 0 Å². The number of nitrogens with zero attached hydrogens (tertiary/aromatic N) is 3. The van der Waals surface area contributed by atoms with Gasteiger partial charge in [-0.1, -0.05) is 12.1 Å². The lowest BCUT2D eigenvalue weighted by Crippen LogP contribution is -2.24. The van der Waals surface area contributed by atoms with E-state index in [1.54, 1.807) is 19.5 Å². The smallest absolute Gasteiger partial charge is 0.140 e. The maximum Gasteiger partial charge on any atom is 0.140 e. The average Bonchev–Trinajstić information content (AvgIpc) is 3.10. The number of halogens is 1. The van der Waals surface area contributed by atoms with Gasteiger partial charge in [-0.15, -0.1) is 0 Å². The van der Waals surface area contributed by atoms with Crippen molar-refractivity contribution in [3.8, 4) is 5.75 Å². The second-order valence-corrected chi connectivity index (χ2v) is 5.99. The first-order chi connectivity index (χ1) is 11.8. The SMILES string of the molecule is COc1cccc(C2CCCN2c2ncnc3ccc(F)cc23)c1. The monoisotopic (exact) mass is 323 g/mol. The Balaban J connectivity index is 1.79. The number of hydrogen-bond acceptors (Lipinski definition) is 4. The first kappa shape index (κ1) is 14.9. The highest BCUT2D eigenvalue weighted by Gasteiger charge is 2.28. The van der Waals surface area contributed by atoms with Gasteiger partial charge in [0, 0.05) is 11.9 Å². The molecule has 1 aliphatic heterocycles. The summed E-state index contributed by atoms with van der Waals surface area (Å²) in [4.78, 5) is 11.0. The van der Waals surface area contributed by atoms with E-state index < -0.39 is 0 Å². The molecule has 1 aromatic heterocycles. The molecule has 0 amide bonds. The third-order valence-corrected chi connectivity index (χ3v) is 4.58. The molecule has 2 heterocycles. The summed E-state index contributed by atoms with van der Waals surface area (Å²) in [7, 11) is 1.67. The maximum atomic E-state index is 13.7. The standard InChI is InChI=1S/C19H18FN3O/c1-24-15-5-2-4-13(10-15)18-6-3-9-23(18)19-16-11-14(20)7-8-17(16)21-12-22-19/h2,4-5,7-8,10-12,18H,3,6,9H2,1H3. The van der Waals surface area contributed by atoms with Crippen LogP contribution in [0.5, 0.6) is 5.75 Å². The van der Waals surface area contributed by atoms with E-state index in [0.717, 1.165) is 41.9 Å². The van der Waals surface area contributed by atoms with Crippen LogP contribution in [0, 0.1) is 5.82 Å². The number of rotatable bonds is 3. The van der Waals surface area contributed by atoms with E-state index in [4.69, 9.17) is 4.74 Å². The van der Waals surface area contributed by atoms with Gasteiger partial charge in [0.05, 0.1) is 18.7 Å². The lowest BCUT2D eigenvalue weighted by molar-refractivity contribution is 0.414. The van der Waals surface area contributed by atoms with Gasteiger partial charge in [0.2, 0.25) is 0 Å². The van der Waals surface area contributed by atoms with Gasteiger partial charge >= 0.3 is 0 Å². The minimum Gasteiger partial charge on any atom is -0.497 e. The highest BCUT2D eigenvalue weighted by Crippen LogP contribution is 2.38. The number of fused-ring (bicyclic) bond motifs is 1. The normalized spacial score (nSPS) is 17.4. The molecule has 1 unspecified atom stereocenters. The molecule has 1 saturated heterocycles. The van der Waals surface area contributed by atoms with E-state index in [2.05, 4.69) is 27.0 Å². The Morgan fingerprint density at radius 1 is 1.17 bits per heavy atom. The Bertz CT molecular complexity index is 883. The molecular formula is C19H18FN3O. The van der Waals surface area contributed by atoms with Gasteiger partial charge in [0.15, 0.2) is 0 Å². The molecule has 0 radical (unpaired) electrons. The minimum absolute atomic E-state index is 0.210. The van der Waals surface area contributed by atoms with Crippen LogP contribution in [0.1, 0.15) is 24.4 Å². The highest BCUT2D eigenvalue weighted by molar-refractivity contribution is 5.89. The molecule has 24 heavy (non-hydrogen) atoms. The van der Waals surface area contributed by atoms with Crippen LogP contribution in [0.25, 0.3) is 10.9 Å². The van der Waals surface area contributed by atoms with Gasteiger partial charge in [0.1, 0.15) is 23.7 Å². The Labute approximate surface area is 139 Å². The van der Waals surface area contributed by atoms with Crippen molar-refractivity contribution in [1.82, 2.24) is 9.97 Å². The summed E-state index contributed by atoms with van der Waals surface area (Å²) in [6, 6.07) is 13.0. The number of hydrogen-bond donors (Lipinski definition) is 0. The third-order valence-electron chi connectivity index (χ3n) is 4.58. The molecule has 2 aromatic carbocycles. The average molecular weight is 323 g/mol. The summed E-state index contributed by atoms with van der Waals surface area (Å²) in [5.41, 5.74) is 1.95. The van der Waals surface area contributed by atoms with Crippen LogP contribution in [0.15, 0.2) is 48.8 Å². The Morgan fingerprint density at radius 3 is 2.96 bits per heavy atom. The van der Waals surface area contributed by atoms with E-state index in [1.807, 2.05) is 12.1 Å². The molecule has 0 saturated carbocycles. The van der Waals surface area contributed by atoms with Crippen molar-refractivity contribution in [3.63, 3.8) is 0 Å². The van der Waals surface area contributed by atoms with Gasteiger partial charge in [0.25, 0.3) is 0 Å². The lowest BCUT2D eigenvalue weighted by atomic mass is 10.0. The van der Waals surface area contributed by atoms with Crippen LogP contribution >= 0.6 is 0 Å². The molecule has 1 aliphatic rings. The second-order valence-electron chi connectivity index (χ2n) is 5.99. The summed E-state index contributed by atoms with van der Waals surface area (Å²) in [6.07, 6.45) is 3.66. The fraction of sp³-hybridized carbons (Fsp3) is 0.263. The fourth-order valence-electron chi connectivity index (χ4n) is 3.46. The molecule has 1 atom stereocenters. The Kier molecular flexibility index (Phi) is 3.76. The third kappa shape index (κ3) is 2.56. The molecular weight excluding hydrogens is 305 g/mol. The molecule has 3 aromatic rings. The number of benzene rings is 2. The van der Waals surface area contributed by atoms with Crippen molar-refractivity contribution in [3.05, 3.63) is 60.2 Å². The quantitative estimate of drug-likeness (QED) is 0.727. The number of methoxy groups -OCH3 is 1. The Morgan fingerprint density at radius 2 is 2.08 bits per heavy atom. The predicted molar refractivity (Wildman–Crippen MR) is 91.8 cm³/mol. The van der Waals surface area contributed by atoms with Crippen LogP contribution in [0.2, 0.25) is 0 Å². The van der Waals surface area contributed by atoms with Crippen LogP contribution in [-0.4, -0.2) is 23.6 Å². The number of anilines is 1. The molecule has 5 heteroatoms.